The van der Waals surface area contributed by atoms with E-state index >= 15 is 0 Å². The molecule has 0 unspecified atom stereocenters. The first kappa shape index (κ1) is 13.1. The number of hydrogen-bond acceptors (Lipinski definition) is 2. The minimum atomic E-state index is -0.277. The molecule has 0 bridgehead atoms. The highest BCUT2D eigenvalue weighted by atomic mass is 16.5. The lowest BCUT2D eigenvalue weighted by Crippen LogP contribution is -2.38. The van der Waals surface area contributed by atoms with Crippen LogP contribution in [0.3, 0.4) is 0 Å². The molecule has 18 heavy (non-hydrogen) atoms. The molecule has 3 heteroatoms. The van der Waals surface area contributed by atoms with E-state index in [4.69, 9.17) is 0 Å². The van der Waals surface area contributed by atoms with Crippen LogP contribution < -0.4 is 0 Å². The van der Waals surface area contributed by atoms with Crippen molar-refractivity contribution in [3.05, 3.63) is 35.9 Å². The van der Waals surface area contributed by atoms with Crippen LogP contribution in [0.1, 0.15) is 55.3 Å². The van der Waals surface area contributed by atoms with Gasteiger partial charge in [-0.15, -0.1) is 0 Å². The molecule has 0 radical (unpaired) electrons. The molecular weight excluding hydrogens is 226 g/mol. The Balaban J connectivity index is 2.00. The Hall–Kier alpha value is -1.35. The van der Waals surface area contributed by atoms with Crippen LogP contribution in [-0.2, 0) is 0 Å². The van der Waals surface area contributed by atoms with Crippen molar-refractivity contribution >= 4 is 5.91 Å². The fraction of sp³-hybridized carbons (Fsp3) is 0.533. The van der Waals surface area contributed by atoms with Gasteiger partial charge in [-0.05, 0) is 25.0 Å². The molecule has 0 heterocycles. The largest absolute Gasteiger partial charge is 0.285 e. The van der Waals surface area contributed by atoms with Gasteiger partial charge < -0.3 is 0 Å². The number of hydroxylamine groups is 2. The van der Waals surface area contributed by atoms with Gasteiger partial charge in [0.05, 0.1) is 6.04 Å². The number of carbonyl (C=O) groups is 1. The maximum Gasteiger partial charge on any atom is 0.277 e. The molecule has 98 valence electrons. The summed E-state index contributed by atoms with van der Waals surface area (Å²) in [7, 11) is 0. The Morgan fingerprint density at radius 2 is 1.56 bits per heavy atom. The normalized spacial score (nSPS) is 17.8. The van der Waals surface area contributed by atoms with Gasteiger partial charge in [-0.25, -0.2) is 5.06 Å². The van der Waals surface area contributed by atoms with Crippen molar-refractivity contribution in [2.45, 2.75) is 51.0 Å². The average Bonchev–Trinajstić information content (AvgIpc) is 2.38. The zero-order valence-electron chi connectivity index (χ0n) is 10.7. The minimum absolute atomic E-state index is 0.0157. The Labute approximate surface area is 108 Å². The second kappa shape index (κ2) is 6.55. The smallest absolute Gasteiger partial charge is 0.277 e. The summed E-state index contributed by atoms with van der Waals surface area (Å²) in [6.45, 7) is 0. The lowest BCUT2D eigenvalue weighted by atomic mass is 9.96. The third-order valence-corrected chi connectivity index (χ3v) is 3.65. The van der Waals surface area contributed by atoms with Crippen LogP contribution >= 0.6 is 0 Å². The maximum absolute atomic E-state index is 12.1. The van der Waals surface area contributed by atoms with Crippen LogP contribution in [0.4, 0.5) is 0 Å². The molecule has 1 fully saturated rings. The van der Waals surface area contributed by atoms with Crippen molar-refractivity contribution < 1.29 is 10.0 Å². The monoisotopic (exact) mass is 247 g/mol. The van der Waals surface area contributed by atoms with E-state index in [-0.39, 0.29) is 11.9 Å². The number of hydrogen-bond donors (Lipinski definition) is 1. The topological polar surface area (TPSA) is 40.5 Å². The number of benzene rings is 1. The molecule has 1 aliphatic rings. The van der Waals surface area contributed by atoms with Crippen LogP contribution in [0, 0.1) is 0 Å². The Morgan fingerprint density at radius 3 is 2.17 bits per heavy atom. The van der Waals surface area contributed by atoms with Crippen LogP contribution in [0.25, 0.3) is 0 Å². The quantitative estimate of drug-likeness (QED) is 0.640. The summed E-state index contributed by atoms with van der Waals surface area (Å²) in [6, 6.07) is 8.98. The zero-order valence-corrected chi connectivity index (χ0v) is 10.7. The highest BCUT2D eigenvalue weighted by Crippen LogP contribution is 2.21. The first-order valence-electron chi connectivity index (χ1n) is 6.86. The standard InChI is InChI=1S/C15H21NO2/c17-15(13-9-5-4-6-10-13)16(18)14-11-7-2-1-3-8-12-14/h4-6,9-10,14,18H,1-3,7-8,11-12H2. The van der Waals surface area contributed by atoms with Crippen molar-refractivity contribution in [3.63, 3.8) is 0 Å². The third kappa shape index (κ3) is 3.33. The van der Waals surface area contributed by atoms with Crippen molar-refractivity contribution in [3.8, 4) is 0 Å². The lowest BCUT2D eigenvalue weighted by Gasteiger charge is -2.27. The Kier molecular flexibility index (Phi) is 4.76. The van der Waals surface area contributed by atoms with Crippen molar-refractivity contribution in [1.29, 1.82) is 0 Å². The second-order valence-corrected chi connectivity index (χ2v) is 5.01. The molecule has 1 amide bonds. The predicted molar refractivity (Wildman–Crippen MR) is 70.5 cm³/mol. The molecule has 1 N–H and O–H groups in total. The molecule has 1 saturated carbocycles. The van der Waals surface area contributed by atoms with Gasteiger partial charge in [0.1, 0.15) is 0 Å². The summed E-state index contributed by atoms with van der Waals surface area (Å²) >= 11 is 0. The van der Waals surface area contributed by atoms with Gasteiger partial charge >= 0.3 is 0 Å². The highest BCUT2D eigenvalue weighted by Gasteiger charge is 2.23. The van der Waals surface area contributed by atoms with Crippen molar-refractivity contribution in [2.75, 3.05) is 0 Å². The Morgan fingerprint density at radius 1 is 1.00 bits per heavy atom. The predicted octanol–water partition coefficient (Wildman–Crippen LogP) is 3.63. The number of carbonyl (C=O) groups excluding carboxylic acids is 1. The summed E-state index contributed by atoms with van der Waals surface area (Å²) in [5.41, 5.74) is 0.557. The first-order valence-corrected chi connectivity index (χ1v) is 6.86. The van der Waals surface area contributed by atoms with E-state index < -0.39 is 0 Å². The molecule has 0 spiro atoms. The summed E-state index contributed by atoms with van der Waals surface area (Å²) in [5, 5.41) is 11.1. The summed E-state index contributed by atoms with van der Waals surface area (Å²) in [6.07, 6.45) is 7.73. The molecule has 0 saturated heterocycles. The number of nitrogens with zero attached hydrogens (tertiary/aromatic N) is 1. The average molecular weight is 247 g/mol. The van der Waals surface area contributed by atoms with E-state index in [2.05, 4.69) is 0 Å². The van der Waals surface area contributed by atoms with E-state index in [1.54, 1.807) is 12.1 Å². The molecule has 1 aromatic rings. The van der Waals surface area contributed by atoms with Gasteiger partial charge in [-0.1, -0.05) is 50.3 Å². The highest BCUT2D eigenvalue weighted by molar-refractivity contribution is 5.93. The van der Waals surface area contributed by atoms with Crippen LogP contribution in [0.2, 0.25) is 0 Å². The number of amides is 1. The lowest BCUT2D eigenvalue weighted by molar-refractivity contribution is -0.0939. The van der Waals surface area contributed by atoms with Gasteiger partial charge in [0.2, 0.25) is 0 Å². The molecular formula is C15H21NO2. The van der Waals surface area contributed by atoms with E-state index in [1.807, 2.05) is 18.2 Å². The molecule has 1 aliphatic carbocycles. The second-order valence-electron chi connectivity index (χ2n) is 5.01. The van der Waals surface area contributed by atoms with Gasteiger partial charge in [-0.3, -0.25) is 10.0 Å². The van der Waals surface area contributed by atoms with Gasteiger partial charge in [0.25, 0.3) is 5.91 Å². The van der Waals surface area contributed by atoms with Gasteiger partial charge in [0.15, 0.2) is 0 Å². The Bertz CT molecular complexity index is 369. The molecule has 0 aromatic heterocycles. The van der Waals surface area contributed by atoms with E-state index in [9.17, 15) is 10.0 Å². The number of rotatable bonds is 2. The fourth-order valence-corrected chi connectivity index (χ4v) is 2.56. The molecule has 3 nitrogen and oxygen atoms in total. The van der Waals surface area contributed by atoms with E-state index in [0.717, 1.165) is 30.7 Å². The maximum atomic E-state index is 12.1. The van der Waals surface area contributed by atoms with E-state index in [0.29, 0.717) is 5.56 Å². The molecule has 2 rings (SSSR count). The third-order valence-electron chi connectivity index (χ3n) is 3.65. The summed E-state index contributed by atoms with van der Waals surface area (Å²) in [5.74, 6) is -0.277. The van der Waals surface area contributed by atoms with Crippen molar-refractivity contribution in [2.24, 2.45) is 0 Å². The fourth-order valence-electron chi connectivity index (χ4n) is 2.56. The summed E-state index contributed by atoms with van der Waals surface area (Å²) in [4.78, 5) is 12.1. The van der Waals surface area contributed by atoms with Crippen LogP contribution in [-0.4, -0.2) is 22.2 Å². The zero-order chi connectivity index (χ0) is 12.8. The molecule has 1 aromatic carbocycles. The molecule has 0 atom stereocenters. The minimum Gasteiger partial charge on any atom is -0.285 e. The van der Waals surface area contributed by atoms with Gasteiger partial charge in [-0.2, -0.15) is 0 Å². The summed E-state index contributed by atoms with van der Waals surface area (Å²) < 4.78 is 0. The van der Waals surface area contributed by atoms with E-state index in [1.165, 1.54) is 19.3 Å². The van der Waals surface area contributed by atoms with Crippen molar-refractivity contribution in [1.82, 2.24) is 5.06 Å². The van der Waals surface area contributed by atoms with Gasteiger partial charge in [0, 0.05) is 5.56 Å². The molecule has 0 aliphatic heterocycles. The first-order chi connectivity index (χ1) is 8.79. The SMILES string of the molecule is O=C(c1ccccc1)N(O)C1CCCCCCC1. The van der Waals surface area contributed by atoms with Crippen LogP contribution in [0.5, 0.6) is 0 Å². The van der Waals surface area contributed by atoms with Crippen LogP contribution in [0.15, 0.2) is 30.3 Å².